The van der Waals surface area contributed by atoms with E-state index in [9.17, 15) is 13.2 Å². The Morgan fingerprint density at radius 1 is 1.08 bits per heavy atom. The lowest BCUT2D eigenvalue weighted by Gasteiger charge is -2.15. The molecule has 0 saturated heterocycles. The van der Waals surface area contributed by atoms with Crippen LogP contribution >= 0.6 is 0 Å². The summed E-state index contributed by atoms with van der Waals surface area (Å²) in [6, 6.07) is 9.18. The molecule has 1 aliphatic rings. The van der Waals surface area contributed by atoms with Crippen LogP contribution in [-0.4, -0.2) is 28.6 Å². The monoisotopic (exact) mass is 364 g/mol. The molecule has 0 bridgehead atoms. The number of esters is 1. The van der Waals surface area contributed by atoms with E-state index in [4.69, 9.17) is 19.3 Å². The van der Waals surface area contributed by atoms with Gasteiger partial charge in [-0.15, -0.1) is 0 Å². The number of nitrogens with one attached hydrogen (secondary N) is 1. The van der Waals surface area contributed by atoms with Gasteiger partial charge in [-0.25, -0.2) is 18.4 Å². The topological polar surface area (TPSA) is 117 Å². The summed E-state index contributed by atoms with van der Waals surface area (Å²) in [7, 11) is -0.842. The Balaban J connectivity index is 1.91. The Bertz CT molecular complexity index is 924. The molecule has 1 aliphatic heterocycles. The van der Waals surface area contributed by atoms with Crippen LogP contribution in [0.25, 0.3) is 0 Å². The number of benzene rings is 2. The minimum atomic E-state index is -3.76. The molecule has 25 heavy (non-hydrogen) atoms. The van der Waals surface area contributed by atoms with Crippen LogP contribution in [0.5, 0.6) is 11.5 Å². The number of methoxy groups -OCH3 is 2. The summed E-state index contributed by atoms with van der Waals surface area (Å²) in [5.74, 6) is 0.194. The molecular formula is C16H16N2O6S. The number of sulfonamides is 1. The van der Waals surface area contributed by atoms with E-state index in [1.165, 1.54) is 38.5 Å². The number of primary sulfonamides is 1. The predicted molar refractivity (Wildman–Crippen MR) is 89.1 cm³/mol. The maximum absolute atomic E-state index is 12.2. The summed E-state index contributed by atoms with van der Waals surface area (Å²) in [5.41, 5.74) is 1.45. The molecule has 9 heteroatoms. The number of hydrogen-bond acceptors (Lipinski definition) is 7. The highest BCUT2D eigenvalue weighted by molar-refractivity contribution is 7.89. The van der Waals surface area contributed by atoms with Crippen molar-refractivity contribution < 1.29 is 27.4 Å². The molecule has 0 spiro atoms. The molecule has 0 fully saturated rings. The zero-order valence-corrected chi connectivity index (χ0v) is 14.3. The number of hydrogen-bond donors (Lipinski definition) is 2. The number of carbonyl (C=O) groups excluding carboxylic acids is 1. The minimum absolute atomic E-state index is 0.00623. The molecule has 0 aromatic heterocycles. The van der Waals surface area contributed by atoms with Gasteiger partial charge in [-0.3, -0.25) is 0 Å². The van der Waals surface area contributed by atoms with Gasteiger partial charge in [0.25, 0.3) is 0 Å². The highest BCUT2D eigenvalue weighted by Gasteiger charge is 2.35. The number of fused-ring (bicyclic) bond motifs is 1. The van der Waals surface area contributed by atoms with Crippen LogP contribution in [-0.2, 0) is 14.8 Å². The molecule has 2 aromatic carbocycles. The van der Waals surface area contributed by atoms with Crippen molar-refractivity contribution in [2.24, 2.45) is 5.14 Å². The minimum Gasteiger partial charge on any atom is -0.493 e. The number of nitrogens with two attached hydrogens (primary N) is 1. The smallest absolute Gasteiger partial charge is 0.344 e. The van der Waals surface area contributed by atoms with Crippen molar-refractivity contribution in [1.82, 2.24) is 0 Å². The number of ether oxygens (including phenoxy) is 3. The van der Waals surface area contributed by atoms with Crippen molar-refractivity contribution in [3.63, 3.8) is 0 Å². The first-order chi connectivity index (χ1) is 11.8. The van der Waals surface area contributed by atoms with Gasteiger partial charge in [-0.05, 0) is 36.4 Å². The Labute approximate surface area is 144 Å². The quantitative estimate of drug-likeness (QED) is 0.774. The SMILES string of the molecule is COc1ccc2c(c1OC)C(=O)O[C@@H]2Nc1ccc(S(N)(=O)=O)cc1. The fourth-order valence-corrected chi connectivity index (χ4v) is 3.12. The van der Waals surface area contributed by atoms with E-state index in [2.05, 4.69) is 5.32 Å². The lowest BCUT2D eigenvalue weighted by molar-refractivity contribution is 0.0435. The molecule has 0 aliphatic carbocycles. The van der Waals surface area contributed by atoms with Crippen molar-refractivity contribution in [2.45, 2.75) is 11.1 Å². The molecule has 0 amide bonds. The van der Waals surface area contributed by atoms with Gasteiger partial charge >= 0.3 is 5.97 Å². The van der Waals surface area contributed by atoms with E-state index in [1.54, 1.807) is 12.1 Å². The number of anilines is 1. The maximum atomic E-state index is 12.2. The summed E-state index contributed by atoms with van der Waals surface area (Å²) >= 11 is 0. The Kier molecular flexibility index (Phi) is 4.27. The van der Waals surface area contributed by atoms with Crippen molar-refractivity contribution >= 4 is 21.7 Å². The van der Waals surface area contributed by atoms with Crippen molar-refractivity contribution in [1.29, 1.82) is 0 Å². The first kappa shape index (κ1) is 17.1. The third-order valence-corrected chi connectivity index (χ3v) is 4.70. The van der Waals surface area contributed by atoms with Crippen LogP contribution in [0, 0.1) is 0 Å². The molecular weight excluding hydrogens is 348 g/mol. The normalized spacial score (nSPS) is 16.1. The van der Waals surface area contributed by atoms with Crippen molar-refractivity contribution in [2.75, 3.05) is 19.5 Å². The van der Waals surface area contributed by atoms with Gasteiger partial charge in [0.1, 0.15) is 5.56 Å². The third kappa shape index (κ3) is 3.11. The molecule has 0 unspecified atom stereocenters. The van der Waals surface area contributed by atoms with Crippen LogP contribution in [0.3, 0.4) is 0 Å². The lowest BCUT2D eigenvalue weighted by Crippen LogP contribution is -2.13. The van der Waals surface area contributed by atoms with Crippen molar-refractivity contribution in [3.8, 4) is 11.5 Å². The molecule has 8 nitrogen and oxygen atoms in total. The average Bonchev–Trinajstić information content (AvgIpc) is 2.89. The molecule has 132 valence electrons. The van der Waals surface area contributed by atoms with Crippen LogP contribution in [0.4, 0.5) is 5.69 Å². The zero-order valence-electron chi connectivity index (χ0n) is 13.5. The second kappa shape index (κ2) is 6.26. The predicted octanol–water partition coefficient (Wildman–Crippen LogP) is 1.63. The van der Waals surface area contributed by atoms with E-state index in [0.29, 0.717) is 28.3 Å². The van der Waals surface area contributed by atoms with Gasteiger partial charge in [0.15, 0.2) is 11.5 Å². The number of rotatable bonds is 5. The summed E-state index contributed by atoms with van der Waals surface area (Å²) in [4.78, 5) is 12.2. The molecule has 1 atom stereocenters. The molecule has 0 radical (unpaired) electrons. The summed E-state index contributed by atoms with van der Waals surface area (Å²) in [6.07, 6.45) is -0.734. The fourth-order valence-electron chi connectivity index (χ4n) is 2.60. The van der Waals surface area contributed by atoms with Crippen molar-refractivity contribution in [3.05, 3.63) is 47.5 Å². The average molecular weight is 364 g/mol. The second-order valence-electron chi connectivity index (χ2n) is 5.26. The summed E-state index contributed by atoms with van der Waals surface area (Å²) in [6.45, 7) is 0. The Morgan fingerprint density at radius 3 is 2.32 bits per heavy atom. The third-order valence-electron chi connectivity index (χ3n) is 3.77. The van der Waals surface area contributed by atoms with Gasteiger partial charge in [-0.1, -0.05) is 0 Å². The van der Waals surface area contributed by atoms with Crippen LogP contribution in [0.15, 0.2) is 41.3 Å². The number of carbonyl (C=O) groups is 1. The lowest BCUT2D eigenvalue weighted by atomic mass is 10.1. The zero-order chi connectivity index (χ0) is 18.2. The van der Waals surface area contributed by atoms with Crippen LogP contribution < -0.4 is 19.9 Å². The standard InChI is InChI=1S/C16H16N2O6S/c1-22-12-8-7-11-13(14(12)23-2)16(19)24-15(11)18-9-3-5-10(6-4-9)25(17,20)21/h3-8,15,18H,1-2H3,(H2,17,20,21)/t15-/m0/s1. The van der Waals surface area contributed by atoms with E-state index in [-0.39, 0.29) is 4.90 Å². The van der Waals surface area contributed by atoms with E-state index < -0.39 is 22.2 Å². The Morgan fingerprint density at radius 2 is 1.76 bits per heavy atom. The molecule has 1 heterocycles. The van der Waals surface area contributed by atoms with Crippen LogP contribution in [0.1, 0.15) is 22.1 Å². The highest BCUT2D eigenvalue weighted by Crippen LogP contribution is 2.42. The first-order valence-corrected chi connectivity index (χ1v) is 8.75. The summed E-state index contributed by atoms with van der Waals surface area (Å²) in [5, 5.41) is 8.09. The van der Waals surface area contributed by atoms with E-state index in [1.807, 2.05) is 0 Å². The molecule has 3 rings (SSSR count). The largest absolute Gasteiger partial charge is 0.493 e. The number of cyclic esters (lactones) is 1. The van der Waals surface area contributed by atoms with E-state index in [0.717, 1.165) is 0 Å². The summed E-state index contributed by atoms with van der Waals surface area (Å²) < 4.78 is 38.4. The van der Waals surface area contributed by atoms with Gasteiger partial charge in [0.05, 0.1) is 19.1 Å². The maximum Gasteiger partial charge on any atom is 0.344 e. The van der Waals surface area contributed by atoms with Crippen LogP contribution in [0.2, 0.25) is 0 Å². The first-order valence-electron chi connectivity index (χ1n) is 7.20. The second-order valence-corrected chi connectivity index (χ2v) is 6.83. The molecule has 0 saturated carbocycles. The van der Waals surface area contributed by atoms with Gasteiger partial charge in [0, 0.05) is 11.3 Å². The molecule has 3 N–H and O–H groups in total. The van der Waals surface area contributed by atoms with Gasteiger partial charge in [0.2, 0.25) is 16.3 Å². The van der Waals surface area contributed by atoms with Gasteiger partial charge < -0.3 is 19.5 Å². The van der Waals surface area contributed by atoms with E-state index >= 15 is 0 Å². The highest BCUT2D eigenvalue weighted by atomic mass is 32.2. The van der Waals surface area contributed by atoms with Gasteiger partial charge in [-0.2, -0.15) is 0 Å². The fraction of sp³-hybridized carbons (Fsp3) is 0.188. The molecule has 2 aromatic rings. The Hall–Kier alpha value is -2.78.